The van der Waals surface area contributed by atoms with Crippen LogP contribution in [-0.4, -0.2) is 26.6 Å². The Bertz CT molecular complexity index is 2650. The minimum Gasteiger partial charge on any atom is -0.455 e. The summed E-state index contributed by atoms with van der Waals surface area (Å²) in [5.74, 6) is 0. The summed E-state index contributed by atoms with van der Waals surface area (Å²) in [5, 5.41) is 13.5. The SMILES string of the molecule is CCCC[Si](CCCC)(CCCC)c1ccc(P(c2cccc3c2oc2ccccc23)N(C(C)C)P(c2ccc([Si](CCCC)(CCCC)CCCC)cc2)c2cccc3c2oc2ccccc23)cc1. The molecule has 0 N–H and O–H groups in total. The van der Waals surface area contributed by atoms with Crippen LogP contribution < -0.4 is 31.6 Å². The van der Waals surface area contributed by atoms with Crippen LogP contribution in [0.5, 0.6) is 0 Å². The van der Waals surface area contributed by atoms with E-state index >= 15 is 0 Å². The molecule has 370 valence electrons. The molecule has 0 saturated heterocycles. The van der Waals surface area contributed by atoms with Crippen LogP contribution in [0.4, 0.5) is 0 Å². The topological polar surface area (TPSA) is 29.5 Å². The van der Waals surface area contributed by atoms with E-state index in [9.17, 15) is 0 Å². The lowest BCUT2D eigenvalue weighted by Gasteiger charge is -2.42. The second-order valence-electron chi connectivity index (χ2n) is 20.8. The maximum Gasteiger partial charge on any atom is 0.144 e. The van der Waals surface area contributed by atoms with Gasteiger partial charge < -0.3 is 8.83 Å². The first-order valence-electron chi connectivity index (χ1n) is 27.7. The van der Waals surface area contributed by atoms with Gasteiger partial charge >= 0.3 is 0 Å². The third-order valence-corrected chi connectivity index (χ3v) is 32.6. The monoisotopic (exact) mass is 1000 g/mol. The van der Waals surface area contributed by atoms with Crippen LogP contribution in [0, 0.1) is 0 Å². The Labute approximate surface area is 426 Å². The van der Waals surface area contributed by atoms with Crippen molar-refractivity contribution >= 4 is 108 Å². The average molecular weight is 1000 g/mol. The van der Waals surface area contributed by atoms with Crippen molar-refractivity contribution in [2.75, 3.05) is 0 Å². The second-order valence-corrected chi connectivity index (χ2v) is 34.5. The highest BCUT2D eigenvalue weighted by molar-refractivity contribution is 7.85. The lowest BCUT2D eigenvalue weighted by Crippen LogP contribution is -2.48. The summed E-state index contributed by atoms with van der Waals surface area (Å²) in [6.07, 6.45) is 15.6. The fourth-order valence-electron chi connectivity index (χ4n) is 11.7. The maximum atomic E-state index is 7.07. The summed E-state index contributed by atoms with van der Waals surface area (Å²) in [5.41, 5.74) is 3.95. The highest BCUT2D eigenvalue weighted by Crippen LogP contribution is 2.58. The zero-order chi connectivity index (χ0) is 49.1. The first-order valence-corrected chi connectivity index (χ1v) is 35.5. The number of rotatable bonds is 27. The molecular weight excluding hydrogens is 921 g/mol. The minimum absolute atomic E-state index is 0.190. The number of nitrogens with zero attached hydrogens (tertiary/aromatic N) is 1. The van der Waals surface area contributed by atoms with E-state index in [1.165, 1.54) is 156 Å². The van der Waals surface area contributed by atoms with Crippen molar-refractivity contribution in [1.29, 1.82) is 0 Å². The molecule has 0 aliphatic carbocycles. The fourth-order valence-corrected chi connectivity index (χ4v) is 29.2. The molecule has 3 nitrogen and oxygen atoms in total. The lowest BCUT2D eigenvalue weighted by molar-refractivity contribution is 0.583. The van der Waals surface area contributed by atoms with Crippen molar-refractivity contribution < 1.29 is 8.83 Å². The highest BCUT2D eigenvalue weighted by atomic mass is 31.2. The molecular formula is C63H83NO2P2Si2. The van der Waals surface area contributed by atoms with Gasteiger partial charge in [0, 0.05) is 54.3 Å². The molecule has 0 spiro atoms. The molecule has 0 saturated carbocycles. The summed E-state index contributed by atoms with van der Waals surface area (Å²) in [7, 11) is -5.76. The van der Waals surface area contributed by atoms with Crippen LogP contribution >= 0.6 is 16.1 Å². The van der Waals surface area contributed by atoms with Gasteiger partial charge in [0.05, 0.1) is 16.1 Å². The smallest absolute Gasteiger partial charge is 0.144 e. The third-order valence-electron chi connectivity index (χ3n) is 15.6. The third kappa shape index (κ3) is 11.1. The first kappa shape index (κ1) is 52.5. The van der Waals surface area contributed by atoms with Gasteiger partial charge in [0.25, 0.3) is 0 Å². The van der Waals surface area contributed by atoms with Gasteiger partial charge in [-0.1, -0.05) is 274 Å². The zero-order valence-corrected chi connectivity index (χ0v) is 48.0. The summed E-state index contributed by atoms with van der Waals surface area (Å²) in [6, 6.07) is 60.6. The van der Waals surface area contributed by atoms with Crippen LogP contribution in [0.3, 0.4) is 0 Å². The van der Waals surface area contributed by atoms with E-state index in [1.54, 1.807) is 10.4 Å². The number of hydrogen-bond acceptors (Lipinski definition) is 3. The fraction of sp³-hybridized carbons (Fsp3) is 0.429. The van der Waals surface area contributed by atoms with Gasteiger partial charge in [-0.2, -0.15) is 0 Å². The Balaban J connectivity index is 1.38. The van der Waals surface area contributed by atoms with Crippen LogP contribution in [0.25, 0.3) is 43.9 Å². The van der Waals surface area contributed by atoms with Gasteiger partial charge in [-0.15, -0.1) is 0 Å². The Hall–Kier alpha value is -3.83. The number of fused-ring (bicyclic) bond motifs is 6. The number of furan rings is 2. The molecule has 8 rings (SSSR count). The minimum atomic E-state index is -1.74. The van der Waals surface area contributed by atoms with Gasteiger partial charge in [0.2, 0.25) is 0 Å². The standard InChI is InChI=1S/C63H83NO2P2Si2/c1-9-15-43-69(44-16-10-2,45-17-11-3)52-39-35-50(36-40-52)67(60-33-25-29-56-54-27-21-23-31-58(54)65-62(56)60)64(49(7)8)68(61-34-26-30-57-55-28-22-24-32-59(55)66-63(57)61)51-37-41-53(42-38-51)70(46-18-12-4,47-19-13-5)48-20-14-6/h21-42,49H,9-20,43-48H2,1-8H3. The van der Waals surface area contributed by atoms with Crippen LogP contribution in [0.2, 0.25) is 36.3 Å². The van der Waals surface area contributed by atoms with Gasteiger partial charge in [-0.05, 0) is 48.7 Å². The van der Waals surface area contributed by atoms with Crippen LogP contribution in [-0.2, 0) is 0 Å². The van der Waals surface area contributed by atoms with E-state index in [2.05, 4.69) is 193 Å². The Morgan fingerprint density at radius 1 is 0.386 bits per heavy atom. The molecule has 2 atom stereocenters. The molecule has 8 aromatic rings. The summed E-state index contributed by atoms with van der Waals surface area (Å²) in [6.45, 7) is 19.2. The molecule has 2 aromatic heterocycles. The molecule has 0 radical (unpaired) electrons. The normalized spacial score (nSPS) is 13.5. The number of para-hydroxylation sites is 4. The average Bonchev–Trinajstić information content (AvgIpc) is 3.98. The number of benzene rings is 6. The molecule has 7 heteroatoms. The molecule has 0 fully saturated rings. The number of unbranched alkanes of at least 4 members (excludes halogenated alkanes) is 6. The summed E-state index contributed by atoms with van der Waals surface area (Å²) < 4.78 is 17.1. The van der Waals surface area contributed by atoms with E-state index in [4.69, 9.17) is 8.83 Å². The lowest BCUT2D eigenvalue weighted by atomic mass is 10.1. The maximum absolute atomic E-state index is 7.07. The second kappa shape index (κ2) is 24.7. The summed E-state index contributed by atoms with van der Waals surface area (Å²) >= 11 is 0. The molecule has 0 aliphatic rings. The molecule has 0 aliphatic heterocycles. The van der Waals surface area contributed by atoms with E-state index in [1.807, 2.05) is 0 Å². The van der Waals surface area contributed by atoms with Gasteiger partial charge in [0.1, 0.15) is 22.3 Å². The molecule has 0 bridgehead atoms. The van der Waals surface area contributed by atoms with Crippen molar-refractivity contribution in [3.8, 4) is 0 Å². The van der Waals surface area contributed by atoms with E-state index < -0.39 is 32.3 Å². The van der Waals surface area contributed by atoms with Crippen molar-refractivity contribution in [1.82, 2.24) is 4.44 Å². The van der Waals surface area contributed by atoms with Crippen molar-refractivity contribution in [3.63, 3.8) is 0 Å². The Morgan fingerprint density at radius 2 is 0.700 bits per heavy atom. The van der Waals surface area contributed by atoms with Gasteiger partial charge in [-0.25, -0.2) is 4.44 Å². The molecule has 2 heterocycles. The number of hydrogen-bond donors (Lipinski definition) is 0. The molecule has 6 aromatic carbocycles. The predicted molar refractivity (Wildman–Crippen MR) is 319 cm³/mol. The van der Waals surface area contributed by atoms with Gasteiger partial charge in [-0.3, -0.25) is 0 Å². The quantitative estimate of drug-likeness (QED) is 0.0380. The molecule has 0 amide bonds. The Morgan fingerprint density at radius 3 is 1.01 bits per heavy atom. The van der Waals surface area contributed by atoms with E-state index in [0.29, 0.717) is 0 Å². The largest absolute Gasteiger partial charge is 0.455 e. The van der Waals surface area contributed by atoms with Crippen molar-refractivity contribution in [2.24, 2.45) is 0 Å². The van der Waals surface area contributed by atoms with Crippen LogP contribution in [0.1, 0.15) is 132 Å². The molecule has 2 unspecified atom stereocenters. The molecule has 70 heavy (non-hydrogen) atoms. The summed E-state index contributed by atoms with van der Waals surface area (Å²) in [4.78, 5) is 0. The zero-order valence-electron chi connectivity index (χ0n) is 44.2. The Kier molecular flexibility index (Phi) is 18.5. The highest BCUT2D eigenvalue weighted by Gasteiger charge is 2.39. The van der Waals surface area contributed by atoms with Gasteiger partial charge in [0.15, 0.2) is 0 Å². The van der Waals surface area contributed by atoms with E-state index in [-0.39, 0.29) is 6.04 Å². The van der Waals surface area contributed by atoms with Crippen molar-refractivity contribution in [3.05, 3.63) is 133 Å². The van der Waals surface area contributed by atoms with Crippen molar-refractivity contribution in [2.45, 2.75) is 175 Å². The predicted octanol–water partition coefficient (Wildman–Crippen LogP) is 17.7. The van der Waals surface area contributed by atoms with Crippen LogP contribution in [0.15, 0.2) is 142 Å². The first-order chi connectivity index (χ1) is 34.3. The van der Waals surface area contributed by atoms with E-state index in [0.717, 1.165) is 22.3 Å².